The van der Waals surface area contributed by atoms with Crippen LogP contribution in [0.2, 0.25) is 0 Å². The van der Waals surface area contributed by atoms with Crippen LogP contribution in [0, 0.1) is 5.92 Å². The fourth-order valence-corrected chi connectivity index (χ4v) is 1.10. The minimum Gasteiger partial charge on any atom is -0.330 e. The number of halogens is 2. The van der Waals surface area contributed by atoms with Gasteiger partial charge in [0, 0.05) is 0 Å². The van der Waals surface area contributed by atoms with Crippen molar-refractivity contribution in [3.05, 3.63) is 35.9 Å². The van der Waals surface area contributed by atoms with Crippen molar-refractivity contribution < 1.29 is 0 Å². The summed E-state index contributed by atoms with van der Waals surface area (Å²) in [6, 6.07) is 10.5. The number of rotatable bonds is 3. The normalized spacial score (nSPS) is 10.9. The molecule has 1 aromatic rings. The van der Waals surface area contributed by atoms with Gasteiger partial charge in [-0.3, -0.25) is 0 Å². The third-order valence-electron chi connectivity index (χ3n) is 1.83. The van der Waals surface area contributed by atoms with Crippen molar-refractivity contribution >= 4 is 24.8 Å². The van der Waals surface area contributed by atoms with E-state index in [-0.39, 0.29) is 24.8 Å². The Labute approximate surface area is 92.5 Å². The first-order valence-corrected chi connectivity index (χ1v) is 4.07. The average molecular weight is 222 g/mol. The van der Waals surface area contributed by atoms with Crippen molar-refractivity contribution in [1.29, 1.82) is 0 Å². The van der Waals surface area contributed by atoms with Gasteiger partial charge in [0.15, 0.2) is 0 Å². The van der Waals surface area contributed by atoms with Gasteiger partial charge in [-0.15, -0.1) is 24.8 Å². The van der Waals surface area contributed by atoms with Crippen molar-refractivity contribution in [3.8, 4) is 0 Å². The molecular formula is C10H17Cl2N. The van der Waals surface area contributed by atoms with Gasteiger partial charge < -0.3 is 5.73 Å². The fraction of sp³-hybridized carbons (Fsp3) is 0.400. The Morgan fingerprint density at radius 2 is 1.69 bits per heavy atom. The predicted molar refractivity (Wildman–Crippen MR) is 62.9 cm³/mol. The molecule has 76 valence electrons. The number of hydrogen-bond acceptors (Lipinski definition) is 1. The Kier molecular flexibility index (Phi) is 9.80. The van der Waals surface area contributed by atoms with Crippen molar-refractivity contribution in [3.63, 3.8) is 0 Å². The van der Waals surface area contributed by atoms with E-state index in [1.807, 2.05) is 6.07 Å². The lowest BCUT2D eigenvalue weighted by Gasteiger charge is -2.06. The quantitative estimate of drug-likeness (QED) is 0.835. The van der Waals surface area contributed by atoms with Crippen molar-refractivity contribution in [2.75, 3.05) is 6.54 Å². The maximum atomic E-state index is 5.52. The Bertz CT molecular complexity index is 201. The molecule has 0 aliphatic carbocycles. The highest BCUT2D eigenvalue weighted by Gasteiger charge is 1.98. The first-order valence-electron chi connectivity index (χ1n) is 4.07. The van der Waals surface area contributed by atoms with Crippen LogP contribution in [0.5, 0.6) is 0 Å². The summed E-state index contributed by atoms with van der Waals surface area (Å²) < 4.78 is 0. The van der Waals surface area contributed by atoms with Crippen LogP contribution in [0.15, 0.2) is 30.3 Å². The average Bonchev–Trinajstić information content (AvgIpc) is 2.06. The molecule has 1 nitrogen and oxygen atoms in total. The summed E-state index contributed by atoms with van der Waals surface area (Å²) in [6.45, 7) is 2.95. The largest absolute Gasteiger partial charge is 0.330 e. The van der Waals surface area contributed by atoms with Gasteiger partial charge >= 0.3 is 0 Å². The van der Waals surface area contributed by atoms with Gasteiger partial charge in [-0.05, 0) is 24.4 Å². The molecule has 0 fully saturated rings. The minimum atomic E-state index is 0. The van der Waals surface area contributed by atoms with E-state index >= 15 is 0 Å². The van der Waals surface area contributed by atoms with Gasteiger partial charge in [-0.25, -0.2) is 0 Å². The molecule has 1 atom stereocenters. The van der Waals surface area contributed by atoms with Crippen LogP contribution in [0.3, 0.4) is 0 Å². The van der Waals surface area contributed by atoms with E-state index < -0.39 is 0 Å². The van der Waals surface area contributed by atoms with E-state index in [0.29, 0.717) is 5.92 Å². The van der Waals surface area contributed by atoms with E-state index in [4.69, 9.17) is 5.73 Å². The summed E-state index contributed by atoms with van der Waals surface area (Å²) in [7, 11) is 0. The minimum absolute atomic E-state index is 0. The lowest BCUT2D eigenvalue weighted by molar-refractivity contribution is 0.593. The summed E-state index contributed by atoms with van der Waals surface area (Å²) in [5, 5.41) is 0. The maximum absolute atomic E-state index is 5.52. The van der Waals surface area contributed by atoms with Crippen LogP contribution in [-0.4, -0.2) is 6.54 Å². The molecular weight excluding hydrogens is 205 g/mol. The predicted octanol–water partition coefficient (Wildman–Crippen LogP) is 2.67. The third kappa shape index (κ3) is 5.92. The van der Waals surface area contributed by atoms with Gasteiger partial charge in [-0.1, -0.05) is 37.3 Å². The molecule has 0 aliphatic heterocycles. The molecule has 0 bridgehead atoms. The number of benzene rings is 1. The van der Waals surface area contributed by atoms with Crippen molar-refractivity contribution in [2.24, 2.45) is 11.7 Å². The third-order valence-corrected chi connectivity index (χ3v) is 1.83. The zero-order valence-electron chi connectivity index (χ0n) is 7.77. The summed E-state index contributed by atoms with van der Waals surface area (Å²) in [4.78, 5) is 0. The SMILES string of the molecule is CC(CN)Cc1ccccc1.Cl.Cl. The lowest BCUT2D eigenvalue weighted by atomic mass is 10.0. The molecule has 0 radical (unpaired) electrons. The summed E-state index contributed by atoms with van der Waals surface area (Å²) in [5.41, 5.74) is 6.90. The molecule has 0 saturated heterocycles. The molecule has 0 heterocycles. The Morgan fingerprint density at radius 3 is 2.15 bits per heavy atom. The zero-order chi connectivity index (χ0) is 8.10. The molecule has 0 amide bonds. The van der Waals surface area contributed by atoms with Crippen LogP contribution >= 0.6 is 24.8 Å². The first kappa shape index (κ1) is 15.2. The smallest absolute Gasteiger partial charge is 0.00483 e. The second kappa shape index (κ2) is 8.36. The standard InChI is InChI=1S/C10H15N.2ClH/c1-9(8-11)7-10-5-3-2-4-6-10;;/h2-6,9H,7-8,11H2,1H3;2*1H. The van der Waals surface area contributed by atoms with Gasteiger partial charge in [0.1, 0.15) is 0 Å². The van der Waals surface area contributed by atoms with E-state index in [9.17, 15) is 0 Å². The van der Waals surface area contributed by atoms with Gasteiger partial charge in [-0.2, -0.15) is 0 Å². The highest BCUT2D eigenvalue weighted by Crippen LogP contribution is 2.05. The fourth-order valence-electron chi connectivity index (χ4n) is 1.10. The zero-order valence-corrected chi connectivity index (χ0v) is 9.41. The van der Waals surface area contributed by atoms with Crippen LogP contribution < -0.4 is 5.73 Å². The molecule has 3 heteroatoms. The van der Waals surface area contributed by atoms with Gasteiger partial charge in [0.2, 0.25) is 0 Å². The molecule has 2 N–H and O–H groups in total. The maximum Gasteiger partial charge on any atom is -0.00483 e. The topological polar surface area (TPSA) is 26.0 Å². The van der Waals surface area contributed by atoms with E-state index in [1.54, 1.807) is 0 Å². The van der Waals surface area contributed by atoms with Crippen molar-refractivity contribution in [2.45, 2.75) is 13.3 Å². The Hall–Kier alpha value is -0.240. The summed E-state index contributed by atoms with van der Waals surface area (Å²) >= 11 is 0. The van der Waals surface area contributed by atoms with E-state index in [2.05, 4.69) is 31.2 Å². The molecule has 0 saturated carbocycles. The molecule has 0 aliphatic rings. The summed E-state index contributed by atoms with van der Waals surface area (Å²) in [6.07, 6.45) is 1.09. The molecule has 0 spiro atoms. The molecule has 1 rings (SSSR count). The van der Waals surface area contributed by atoms with Crippen LogP contribution in [0.1, 0.15) is 12.5 Å². The molecule has 0 aromatic heterocycles. The first-order chi connectivity index (χ1) is 5.33. The Balaban J connectivity index is 0. The molecule has 1 unspecified atom stereocenters. The number of hydrogen-bond donors (Lipinski definition) is 1. The second-order valence-corrected chi connectivity index (χ2v) is 3.03. The van der Waals surface area contributed by atoms with Crippen molar-refractivity contribution in [1.82, 2.24) is 0 Å². The highest BCUT2D eigenvalue weighted by atomic mass is 35.5. The monoisotopic (exact) mass is 221 g/mol. The van der Waals surface area contributed by atoms with Crippen LogP contribution in [0.25, 0.3) is 0 Å². The summed E-state index contributed by atoms with van der Waals surface area (Å²) in [5.74, 6) is 0.595. The highest BCUT2D eigenvalue weighted by molar-refractivity contribution is 5.85. The van der Waals surface area contributed by atoms with E-state index in [0.717, 1.165) is 13.0 Å². The Morgan fingerprint density at radius 1 is 1.15 bits per heavy atom. The van der Waals surface area contributed by atoms with E-state index in [1.165, 1.54) is 5.56 Å². The molecule has 1 aromatic carbocycles. The van der Waals surface area contributed by atoms with Gasteiger partial charge in [0.05, 0.1) is 0 Å². The number of nitrogens with two attached hydrogens (primary N) is 1. The second-order valence-electron chi connectivity index (χ2n) is 3.03. The van der Waals surface area contributed by atoms with Crippen LogP contribution in [-0.2, 0) is 6.42 Å². The van der Waals surface area contributed by atoms with Crippen LogP contribution in [0.4, 0.5) is 0 Å². The molecule has 13 heavy (non-hydrogen) atoms. The van der Waals surface area contributed by atoms with Gasteiger partial charge in [0.25, 0.3) is 0 Å². The lowest BCUT2D eigenvalue weighted by Crippen LogP contribution is -2.12.